The van der Waals surface area contributed by atoms with Crippen LogP contribution in [0.25, 0.3) is 11.4 Å². The Morgan fingerprint density at radius 1 is 1.45 bits per heavy atom. The highest BCUT2D eigenvalue weighted by molar-refractivity contribution is 6.30. The number of nitrogens with one attached hydrogen (secondary N) is 2. The van der Waals surface area contributed by atoms with E-state index >= 15 is 0 Å². The minimum atomic E-state index is 0.0563. The second kappa shape index (κ2) is 5.60. The zero-order chi connectivity index (χ0) is 13.9. The van der Waals surface area contributed by atoms with Gasteiger partial charge in [-0.05, 0) is 12.1 Å². The first kappa shape index (κ1) is 13.1. The van der Waals surface area contributed by atoms with Crippen molar-refractivity contribution < 1.29 is 14.2 Å². The van der Waals surface area contributed by atoms with Crippen LogP contribution in [0, 0.1) is 0 Å². The molecule has 1 aliphatic rings. The lowest BCUT2D eigenvalue weighted by Gasteiger charge is -2.21. The maximum atomic E-state index is 11.3. The van der Waals surface area contributed by atoms with Crippen LogP contribution in [0.3, 0.4) is 0 Å². The summed E-state index contributed by atoms with van der Waals surface area (Å²) in [7, 11) is 0. The summed E-state index contributed by atoms with van der Waals surface area (Å²) < 4.78 is 5.24. The van der Waals surface area contributed by atoms with Gasteiger partial charge in [0.1, 0.15) is 0 Å². The number of piperazine rings is 1. The lowest BCUT2D eigenvalue weighted by Crippen LogP contribution is -3.14. The van der Waals surface area contributed by atoms with Crippen molar-refractivity contribution in [1.29, 1.82) is 0 Å². The lowest BCUT2D eigenvalue weighted by molar-refractivity contribution is -0.908. The summed E-state index contributed by atoms with van der Waals surface area (Å²) in [5, 5.41) is 7.38. The third kappa shape index (κ3) is 2.97. The van der Waals surface area contributed by atoms with E-state index in [0.717, 1.165) is 17.0 Å². The Morgan fingerprint density at radius 2 is 2.35 bits per heavy atom. The molecule has 2 heterocycles. The van der Waals surface area contributed by atoms with Gasteiger partial charge in [0.2, 0.25) is 5.82 Å². The third-order valence-electron chi connectivity index (χ3n) is 3.16. The van der Waals surface area contributed by atoms with E-state index in [4.69, 9.17) is 16.1 Å². The molecule has 1 atom stereocenters. The molecule has 104 valence electrons. The van der Waals surface area contributed by atoms with E-state index < -0.39 is 0 Å². The highest BCUT2D eigenvalue weighted by Gasteiger charge is 2.22. The molecule has 1 unspecified atom stereocenters. The summed E-state index contributed by atoms with van der Waals surface area (Å²) in [6, 6.07) is 7.30. The monoisotopic (exact) mass is 293 g/mol. The second-order valence-electron chi connectivity index (χ2n) is 4.73. The topological polar surface area (TPSA) is 72.5 Å². The van der Waals surface area contributed by atoms with Gasteiger partial charge in [0.05, 0.1) is 13.1 Å². The van der Waals surface area contributed by atoms with Gasteiger partial charge in [-0.1, -0.05) is 28.9 Å². The Labute approximate surface area is 120 Å². The molecule has 0 spiro atoms. The van der Waals surface area contributed by atoms with E-state index in [2.05, 4.69) is 15.5 Å². The number of quaternary nitrogens is 1. The van der Waals surface area contributed by atoms with E-state index in [-0.39, 0.29) is 5.91 Å². The molecule has 2 aromatic rings. The number of amides is 1. The molecule has 0 bridgehead atoms. The van der Waals surface area contributed by atoms with Crippen molar-refractivity contribution in [3.05, 3.63) is 35.2 Å². The van der Waals surface area contributed by atoms with Gasteiger partial charge < -0.3 is 14.7 Å². The van der Waals surface area contributed by atoms with Gasteiger partial charge in [0.15, 0.2) is 13.1 Å². The van der Waals surface area contributed by atoms with Crippen LogP contribution in [-0.2, 0) is 11.3 Å². The smallest absolute Gasteiger partial charge is 0.282 e. The largest absolute Gasteiger partial charge is 0.346 e. The molecular formula is C13H14ClN4O2+. The molecule has 7 heteroatoms. The maximum Gasteiger partial charge on any atom is 0.282 e. The van der Waals surface area contributed by atoms with Crippen molar-refractivity contribution in [2.45, 2.75) is 6.54 Å². The molecule has 1 saturated heterocycles. The predicted molar refractivity (Wildman–Crippen MR) is 72.2 cm³/mol. The first-order chi connectivity index (χ1) is 9.70. The predicted octanol–water partition coefficient (Wildman–Crippen LogP) is -0.0953. The number of rotatable bonds is 3. The molecule has 1 fully saturated rings. The van der Waals surface area contributed by atoms with Crippen molar-refractivity contribution in [2.24, 2.45) is 0 Å². The molecular weight excluding hydrogens is 280 g/mol. The van der Waals surface area contributed by atoms with Gasteiger partial charge in [-0.3, -0.25) is 4.79 Å². The van der Waals surface area contributed by atoms with Crippen LogP contribution in [0.15, 0.2) is 28.8 Å². The standard InChI is InChI=1S/C13H13ClN4O2/c14-10-3-1-2-9(6-10)13-16-12(20-17-13)8-18-5-4-15-11(19)7-18/h1-3,6H,4-5,7-8H2,(H,15,19)/p+1. The Balaban J connectivity index is 1.72. The number of hydrogen-bond acceptors (Lipinski definition) is 4. The molecule has 2 N–H and O–H groups in total. The molecule has 1 aromatic heterocycles. The highest BCUT2D eigenvalue weighted by atomic mass is 35.5. The van der Waals surface area contributed by atoms with Gasteiger partial charge in [-0.2, -0.15) is 4.98 Å². The number of aromatic nitrogens is 2. The van der Waals surface area contributed by atoms with Crippen LogP contribution in [0.2, 0.25) is 5.02 Å². The number of carbonyl (C=O) groups excluding carboxylic acids is 1. The Morgan fingerprint density at radius 3 is 3.15 bits per heavy atom. The van der Waals surface area contributed by atoms with E-state index in [9.17, 15) is 4.79 Å². The van der Waals surface area contributed by atoms with Gasteiger partial charge in [-0.25, -0.2) is 0 Å². The number of nitrogens with zero attached hydrogens (tertiary/aromatic N) is 2. The first-order valence-electron chi connectivity index (χ1n) is 6.39. The van der Waals surface area contributed by atoms with E-state index in [1.807, 2.05) is 12.1 Å². The van der Waals surface area contributed by atoms with Gasteiger partial charge in [0, 0.05) is 10.6 Å². The fourth-order valence-corrected chi connectivity index (χ4v) is 2.38. The fraction of sp³-hybridized carbons (Fsp3) is 0.308. The third-order valence-corrected chi connectivity index (χ3v) is 3.40. The van der Waals surface area contributed by atoms with Crippen LogP contribution in [-0.4, -0.2) is 35.7 Å². The fourth-order valence-electron chi connectivity index (χ4n) is 2.19. The average Bonchev–Trinajstić information content (AvgIpc) is 2.87. The number of carbonyl (C=O) groups is 1. The first-order valence-corrected chi connectivity index (χ1v) is 6.77. The summed E-state index contributed by atoms with van der Waals surface area (Å²) >= 11 is 5.94. The number of benzene rings is 1. The highest BCUT2D eigenvalue weighted by Crippen LogP contribution is 2.19. The lowest BCUT2D eigenvalue weighted by atomic mass is 10.2. The van der Waals surface area contributed by atoms with Gasteiger partial charge >= 0.3 is 0 Å². The molecule has 0 saturated carbocycles. The summed E-state index contributed by atoms with van der Waals surface area (Å²) in [6.07, 6.45) is 0. The zero-order valence-corrected chi connectivity index (χ0v) is 11.5. The van der Waals surface area contributed by atoms with Crippen LogP contribution >= 0.6 is 11.6 Å². The summed E-state index contributed by atoms with van der Waals surface area (Å²) in [6.45, 7) is 2.54. The average molecular weight is 294 g/mol. The Hall–Kier alpha value is -1.92. The van der Waals surface area contributed by atoms with Crippen LogP contribution in [0.5, 0.6) is 0 Å². The van der Waals surface area contributed by atoms with Crippen molar-refractivity contribution in [1.82, 2.24) is 15.5 Å². The molecule has 0 aliphatic carbocycles. The van der Waals surface area contributed by atoms with E-state index in [1.165, 1.54) is 0 Å². The van der Waals surface area contributed by atoms with Gasteiger partial charge in [-0.15, -0.1) is 0 Å². The normalized spacial score (nSPS) is 18.9. The summed E-state index contributed by atoms with van der Waals surface area (Å²) in [4.78, 5) is 16.8. The van der Waals surface area contributed by atoms with Crippen LogP contribution in [0.4, 0.5) is 0 Å². The molecule has 20 heavy (non-hydrogen) atoms. The van der Waals surface area contributed by atoms with E-state index in [1.54, 1.807) is 12.1 Å². The van der Waals surface area contributed by atoms with Crippen LogP contribution in [0.1, 0.15) is 5.89 Å². The molecule has 0 radical (unpaired) electrons. The summed E-state index contributed by atoms with van der Waals surface area (Å²) in [5.41, 5.74) is 0.818. The quantitative estimate of drug-likeness (QED) is 0.829. The molecule has 6 nitrogen and oxygen atoms in total. The Kier molecular flexibility index (Phi) is 3.66. The SMILES string of the molecule is O=C1C[NH+](Cc2nc(-c3cccc(Cl)c3)no2)CCN1. The van der Waals surface area contributed by atoms with Crippen molar-refractivity contribution in [2.75, 3.05) is 19.6 Å². The van der Waals surface area contributed by atoms with E-state index in [0.29, 0.717) is 36.4 Å². The molecule has 1 aliphatic heterocycles. The summed E-state index contributed by atoms with van der Waals surface area (Å²) in [5.74, 6) is 1.11. The van der Waals surface area contributed by atoms with Crippen molar-refractivity contribution >= 4 is 17.5 Å². The minimum Gasteiger partial charge on any atom is -0.346 e. The molecule has 3 rings (SSSR count). The molecule has 1 amide bonds. The van der Waals surface area contributed by atoms with Gasteiger partial charge in [0.25, 0.3) is 11.8 Å². The minimum absolute atomic E-state index is 0.0563. The second-order valence-corrected chi connectivity index (χ2v) is 5.16. The Bertz CT molecular complexity index is 628. The van der Waals surface area contributed by atoms with Crippen molar-refractivity contribution in [3.8, 4) is 11.4 Å². The molecule has 1 aromatic carbocycles. The number of hydrogen-bond donors (Lipinski definition) is 2. The number of halogens is 1. The maximum absolute atomic E-state index is 11.3. The van der Waals surface area contributed by atoms with Crippen molar-refractivity contribution in [3.63, 3.8) is 0 Å². The zero-order valence-electron chi connectivity index (χ0n) is 10.7. The van der Waals surface area contributed by atoms with Crippen LogP contribution < -0.4 is 10.2 Å².